The van der Waals surface area contributed by atoms with Crippen molar-refractivity contribution in [1.29, 1.82) is 0 Å². The van der Waals surface area contributed by atoms with Crippen molar-refractivity contribution >= 4 is 17.7 Å². The summed E-state index contributed by atoms with van der Waals surface area (Å²) in [4.78, 5) is 11.0. The standard InChI is InChI=1S/C9H15N3O2S/c1-4-7-10-11-9(12(7)5-2)15-6-8(13)14-3/h4-6H2,1-3H3. The van der Waals surface area contributed by atoms with E-state index in [1.165, 1.54) is 18.9 Å². The maximum absolute atomic E-state index is 11.0. The van der Waals surface area contributed by atoms with Crippen LogP contribution < -0.4 is 0 Å². The van der Waals surface area contributed by atoms with Crippen LogP contribution in [0.4, 0.5) is 0 Å². The van der Waals surface area contributed by atoms with E-state index >= 15 is 0 Å². The molecule has 6 heteroatoms. The number of rotatable bonds is 5. The van der Waals surface area contributed by atoms with E-state index < -0.39 is 0 Å². The second-order valence-corrected chi connectivity index (χ2v) is 3.80. The van der Waals surface area contributed by atoms with Crippen molar-refractivity contribution in [3.8, 4) is 0 Å². The van der Waals surface area contributed by atoms with Gasteiger partial charge in [0, 0.05) is 13.0 Å². The minimum Gasteiger partial charge on any atom is -0.468 e. The van der Waals surface area contributed by atoms with Gasteiger partial charge in [-0.2, -0.15) is 0 Å². The molecule has 5 nitrogen and oxygen atoms in total. The Morgan fingerprint density at radius 3 is 2.73 bits per heavy atom. The second-order valence-electron chi connectivity index (χ2n) is 2.86. The van der Waals surface area contributed by atoms with E-state index in [2.05, 4.69) is 14.9 Å². The number of nitrogens with zero attached hydrogens (tertiary/aromatic N) is 3. The van der Waals surface area contributed by atoms with Crippen LogP contribution in [-0.2, 0) is 22.5 Å². The number of ether oxygens (including phenoxy) is 1. The average Bonchev–Trinajstić information content (AvgIpc) is 2.67. The van der Waals surface area contributed by atoms with Crippen LogP contribution in [0.1, 0.15) is 19.7 Å². The third kappa shape index (κ3) is 2.95. The largest absolute Gasteiger partial charge is 0.468 e. The van der Waals surface area contributed by atoms with E-state index in [4.69, 9.17) is 0 Å². The first-order valence-corrected chi connectivity index (χ1v) is 5.83. The monoisotopic (exact) mass is 229 g/mol. The summed E-state index contributed by atoms with van der Waals surface area (Å²) in [6, 6.07) is 0. The third-order valence-electron chi connectivity index (χ3n) is 1.97. The maximum Gasteiger partial charge on any atom is 0.316 e. The summed E-state index contributed by atoms with van der Waals surface area (Å²) in [6.07, 6.45) is 0.847. The summed E-state index contributed by atoms with van der Waals surface area (Å²) in [6.45, 7) is 4.88. The number of esters is 1. The number of carbonyl (C=O) groups is 1. The molecule has 0 saturated carbocycles. The summed E-state index contributed by atoms with van der Waals surface area (Å²) in [5.41, 5.74) is 0. The lowest BCUT2D eigenvalue weighted by molar-refractivity contribution is -0.137. The first-order valence-electron chi connectivity index (χ1n) is 4.84. The minimum absolute atomic E-state index is 0.247. The van der Waals surface area contributed by atoms with Crippen LogP contribution in [0, 0.1) is 0 Å². The molecule has 1 heterocycles. The molecule has 0 bridgehead atoms. The molecule has 0 atom stereocenters. The summed E-state index contributed by atoms with van der Waals surface area (Å²) < 4.78 is 6.57. The van der Waals surface area contributed by atoms with Gasteiger partial charge in [0.1, 0.15) is 5.82 Å². The lowest BCUT2D eigenvalue weighted by Gasteiger charge is -2.04. The molecule has 0 aromatic carbocycles. The number of thioether (sulfide) groups is 1. The smallest absolute Gasteiger partial charge is 0.316 e. The lowest BCUT2D eigenvalue weighted by atomic mass is 10.4. The molecule has 84 valence electrons. The fourth-order valence-corrected chi connectivity index (χ4v) is 2.04. The fourth-order valence-electron chi connectivity index (χ4n) is 1.19. The van der Waals surface area contributed by atoms with Gasteiger partial charge in [-0.25, -0.2) is 0 Å². The van der Waals surface area contributed by atoms with E-state index in [9.17, 15) is 4.79 Å². The van der Waals surface area contributed by atoms with Crippen LogP contribution in [0.25, 0.3) is 0 Å². The van der Waals surface area contributed by atoms with Gasteiger partial charge in [-0.15, -0.1) is 10.2 Å². The van der Waals surface area contributed by atoms with Crippen molar-refractivity contribution < 1.29 is 9.53 Å². The third-order valence-corrected chi connectivity index (χ3v) is 2.91. The lowest BCUT2D eigenvalue weighted by Crippen LogP contribution is -2.06. The Balaban J connectivity index is 2.68. The molecule has 0 aliphatic heterocycles. The summed E-state index contributed by atoms with van der Waals surface area (Å²) in [5.74, 6) is 0.979. The Morgan fingerprint density at radius 1 is 1.47 bits per heavy atom. The predicted octanol–water partition coefficient (Wildman–Crippen LogP) is 1.13. The molecule has 0 fully saturated rings. The molecule has 0 amide bonds. The Labute approximate surface area is 93.2 Å². The van der Waals surface area contributed by atoms with Gasteiger partial charge in [0.15, 0.2) is 5.16 Å². The molecule has 15 heavy (non-hydrogen) atoms. The second kappa shape index (κ2) is 5.75. The molecule has 0 N–H and O–H groups in total. The first-order chi connectivity index (χ1) is 7.22. The Bertz CT molecular complexity index is 338. The SMILES string of the molecule is CCc1nnc(SCC(=O)OC)n1CC. The zero-order chi connectivity index (χ0) is 11.3. The van der Waals surface area contributed by atoms with E-state index in [0.29, 0.717) is 0 Å². The number of aromatic nitrogens is 3. The first kappa shape index (κ1) is 12.0. The number of hydrogen-bond acceptors (Lipinski definition) is 5. The van der Waals surface area contributed by atoms with Gasteiger partial charge in [0.2, 0.25) is 0 Å². The van der Waals surface area contributed by atoms with Crippen LogP contribution in [0.5, 0.6) is 0 Å². The summed E-state index contributed by atoms with van der Waals surface area (Å²) in [5, 5.41) is 8.86. The van der Waals surface area contributed by atoms with Crippen molar-refractivity contribution in [1.82, 2.24) is 14.8 Å². The highest BCUT2D eigenvalue weighted by Gasteiger charge is 2.11. The Hall–Kier alpha value is -1.04. The maximum atomic E-state index is 11.0. The zero-order valence-corrected chi connectivity index (χ0v) is 10.0. The van der Waals surface area contributed by atoms with Crippen LogP contribution in [-0.4, -0.2) is 33.6 Å². The molecule has 1 rings (SSSR count). The van der Waals surface area contributed by atoms with E-state index in [0.717, 1.165) is 23.9 Å². The molecular weight excluding hydrogens is 214 g/mol. The van der Waals surface area contributed by atoms with E-state index in [1.807, 2.05) is 18.4 Å². The van der Waals surface area contributed by atoms with Gasteiger partial charge in [0.25, 0.3) is 0 Å². The van der Waals surface area contributed by atoms with Gasteiger partial charge < -0.3 is 9.30 Å². The van der Waals surface area contributed by atoms with Crippen LogP contribution in [0.3, 0.4) is 0 Å². The highest BCUT2D eigenvalue weighted by atomic mass is 32.2. The van der Waals surface area contributed by atoms with Crippen molar-refractivity contribution in [3.05, 3.63) is 5.82 Å². The summed E-state index contributed by atoms with van der Waals surface area (Å²) in [7, 11) is 1.38. The van der Waals surface area contributed by atoms with Gasteiger partial charge in [-0.3, -0.25) is 4.79 Å². The van der Waals surface area contributed by atoms with Crippen molar-refractivity contribution in [3.63, 3.8) is 0 Å². The van der Waals surface area contributed by atoms with Crippen LogP contribution in [0.2, 0.25) is 0 Å². The van der Waals surface area contributed by atoms with Gasteiger partial charge in [-0.05, 0) is 6.92 Å². The molecule has 0 unspecified atom stereocenters. The van der Waals surface area contributed by atoms with Crippen molar-refractivity contribution in [2.75, 3.05) is 12.9 Å². The Kier molecular flexibility index (Phi) is 4.61. The van der Waals surface area contributed by atoms with Crippen LogP contribution in [0.15, 0.2) is 5.16 Å². The topological polar surface area (TPSA) is 57.0 Å². The predicted molar refractivity (Wildman–Crippen MR) is 57.8 cm³/mol. The molecule has 0 radical (unpaired) electrons. The Morgan fingerprint density at radius 2 is 2.20 bits per heavy atom. The van der Waals surface area contributed by atoms with Gasteiger partial charge in [0.05, 0.1) is 12.9 Å². The quantitative estimate of drug-likeness (QED) is 0.559. The number of carbonyl (C=O) groups excluding carboxylic acids is 1. The van der Waals surface area contributed by atoms with Gasteiger partial charge in [-0.1, -0.05) is 18.7 Å². The minimum atomic E-state index is -0.247. The molecular formula is C9H15N3O2S. The molecule has 0 spiro atoms. The fraction of sp³-hybridized carbons (Fsp3) is 0.667. The molecule has 0 aliphatic rings. The highest BCUT2D eigenvalue weighted by Crippen LogP contribution is 2.17. The van der Waals surface area contributed by atoms with Crippen molar-refractivity contribution in [2.45, 2.75) is 32.0 Å². The van der Waals surface area contributed by atoms with Gasteiger partial charge >= 0.3 is 5.97 Å². The average molecular weight is 229 g/mol. The number of aryl methyl sites for hydroxylation is 1. The van der Waals surface area contributed by atoms with Crippen molar-refractivity contribution in [2.24, 2.45) is 0 Å². The number of hydrogen-bond donors (Lipinski definition) is 0. The number of methoxy groups -OCH3 is 1. The van der Waals surface area contributed by atoms with E-state index in [1.54, 1.807) is 0 Å². The zero-order valence-electron chi connectivity index (χ0n) is 9.19. The summed E-state index contributed by atoms with van der Waals surface area (Å²) >= 11 is 1.36. The normalized spacial score (nSPS) is 10.3. The molecule has 0 aliphatic carbocycles. The van der Waals surface area contributed by atoms with E-state index in [-0.39, 0.29) is 11.7 Å². The molecule has 1 aromatic heterocycles. The molecule has 1 aromatic rings. The molecule has 0 saturated heterocycles. The highest BCUT2D eigenvalue weighted by molar-refractivity contribution is 7.99. The van der Waals surface area contributed by atoms with Crippen LogP contribution >= 0.6 is 11.8 Å².